The van der Waals surface area contributed by atoms with Crippen LogP contribution in [0.2, 0.25) is 0 Å². The molecule has 0 amide bonds. The summed E-state index contributed by atoms with van der Waals surface area (Å²) < 4.78 is 0.625. The Labute approximate surface area is 80.3 Å². The Morgan fingerprint density at radius 2 is 2.25 bits per heavy atom. The summed E-state index contributed by atoms with van der Waals surface area (Å²) >= 11 is -0.337. The molecule has 64 valence electrons. The van der Waals surface area contributed by atoms with E-state index in [1.165, 1.54) is 0 Å². The molecule has 0 spiro atoms. The second-order valence-electron chi connectivity index (χ2n) is 2.31. The first-order chi connectivity index (χ1) is 5.65. The van der Waals surface area contributed by atoms with Gasteiger partial charge in [0, 0.05) is 0 Å². The van der Waals surface area contributed by atoms with Crippen LogP contribution in [0.25, 0.3) is 0 Å². The maximum atomic E-state index is 10.5. The van der Waals surface area contributed by atoms with Gasteiger partial charge in [0.2, 0.25) is 0 Å². The molecule has 0 aliphatic carbocycles. The van der Waals surface area contributed by atoms with Crippen molar-refractivity contribution in [3.8, 4) is 0 Å². The number of hydrogen-bond donors (Lipinski definition) is 0. The maximum absolute atomic E-state index is 10.5. The third-order valence-corrected chi connectivity index (χ3v) is 3.33. The summed E-state index contributed by atoms with van der Waals surface area (Å²) in [6.07, 6.45) is 0. The molecule has 0 saturated heterocycles. The summed E-state index contributed by atoms with van der Waals surface area (Å²) in [5.41, 5.74) is 1.01. The molecule has 0 bridgehead atoms. The van der Waals surface area contributed by atoms with Crippen LogP contribution in [0.5, 0.6) is 0 Å². The van der Waals surface area contributed by atoms with E-state index in [9.17, 15) is 10.1 Å². The second-order valence-corrected chi connectivity index (χ2v) is 4.35. The molecule has 3 nitrogen and oxygen atoms in total. The third kappa shape index (κ3) is 1.97. The zero-order chi connectivity index (χ0) is 9.14. The number of hydrogen-bond acceptors (Lipinski definition) is 2. The van der Waals surface area contributed by atoms with Crippen molar-refractivity contribution < 1.29 is 4.92 Å². The summed E-state index contributed by atoms with van der Waals surface area (Å²) in [5.74, 6) is 0. The molecular formula is C7H6ClNO2Se. The molecule has 0 N–H and O–H groups in total. The number of rotatable bonds is 2. The molecule has 1 aromatic carbocycles. The van der Waals surface area contributed by atoms with Crippen LogP contribution in [0.3, 0.4) is 0 Å². The standard InChI is InChI=1S/C7H6ClNO2Se/c1-5-2-3-7(12-8)6(4-5)9(10)11/h2-4H,1H3. The van der Waals surface area contributed by atoms with Gasteiger partial charge in [0.25, 0.3) is 0 Å². The summed E-state index contributed by atoms with van der Waals surface area (Å²) in [6, 6.07) is 5.08. The number of halogens is 1. The van der Waals surface area contributed by atoms with E-state index < -0.39 is 4.92 Å². The van der Waals surface area contributed by atoms with Crippen molar-refractivity contribution in [2.45, 2.75) is 6.92 Å². The van der Waals surface area contributed by atoms with Crippen molar-refractivity contribution in [3.05, 3.63) is 33.9 Å². The molecule has 0 saturated carbocycles. The van der Waals surface area contributed by atoms with Crippen LogP contribution in [0, 0.1) is 17.0 Å². The molecule has 0 aromatic heterocycles. The van der Waals surface area contributed by atoms with E-state index in [1.54, 1.807) is 12.1 Å². The van der Waals surface area contributed by atoms with E-state index in [2.05, 4.69) is 0 Å². The topological polar surface area (TPSA) is 43.1 Å². The molecule has 1 rings (SSSR count). The average molecular weight is 251 g/mol. The van der Waals surface area contributed by atoms with Crippen LogP contribution in [0.4, 0.5) is 5.69 Å². The zero-order valence-electron chi connectivity index (χ0n) is 6.28. The van der Waals surface area contributed by atoms with Gasteiger partial charge < -0.3 is 0 Å². The fraction of sp³-hybridized carbons (Fsp3) is 0.143. The molecule has 0 aliphatic heterocycles. The molecule has 12 heavy (non-hydrogen) atoms. The van der Waals surface area contributed by atoms with Gasteiger partial charge in [-0.15, -0.1) is 0 Å². The van der Waals surface area contributed by atoms with Crippen molar-refractivity contribution in [1.82, 2.24) is 0 Å². The predicted molar refractivity (Wildman–Crippen MR) is 49.1 cm³/mol. The quantitative estimate of drug-likeness (QED) is 0.452. The fourth-order valence-electron chi connectivity index (χ4n) is 0.835. The Kier molecular flexibility index (Phi) is 3.09. The first-order valence-electron chi connectivity index (χ1n) is 3.19. The number of aryl methyl sites for hydroxylation is 1. The molecule has 5 heteroatoms. The van der Waals surface area contributed by atoms with Crippen LogP contribution in [-0.2, 0) is 0 Å². The Balaban J connectivity index is 3.21. The summed E-state index contributed by atoms with van der Waals surface area (Å²) in [7, 11) is 5.59. The Hall–Kier alpha value is -0.571. The van der Waals surface area contributed by atoms with E-state index in [4.69, 9.17) is 10.1 Å². The van der Waals surface area contributed by atoms with Crippen molar-refractivity contribution in [2.75, 3.05) is 0 Å². The third-order valence-electron chi connectivity index (χ3n) is 1.39. The summed E-state index contributed by atoms with van der Waals surface area (Å²) in [5, 5.41) is 10.5. The molecule has 1 aromatic rings. The number of nitro benzene ring substituents is 1. The SMILES string of the molecule is Cc1ccc([Se]Cl)c([N+](=O)[O-])c1. The Bertz CT molecular complexity index is 316. The molecule has 0 aliphatic rings. The van der Waals surface area contributed by atoms with Crippen molar-refractivity contribution in [2.24, 2.45) is 0 Å². The van der Waals surface area contributed by atoms with E-state index >= 15 is 0 Å². The van der Waals surface area contributed by atoms with Crippen LogP contribution >= 0.6 is 10.1 Å². The Morgan fingerprint density at radius 1 is 1.58 bits per heavy atom. The van der Waals surface area contributed by atoms with Gasteiger partial charge in [0.05, 0.1) is 0 Å². The van der Waals surface area contributed by atoms with E-state index in [1.807, 2.05) is 13.0 Å². The summed E-state index contributed by atoms with van der Waals surface area (Å²) in [6.45, 7) is 1.82. The monoisotopic (exact) mass is 251 g/mol. The first-order valence-corrected chi connectivity index (χ1v) is 6.29. The van der Waals surface area contributed by atoms with Crippen LogP contribution in [-0.4, -0.2) is 19.0 Å². The number of nitrogens with zero attached hydrogens (tertiary/aromatic N) is 1. The molecular weight excluding hydrogens is 244 g/mol. The average Bonchev–Trinajstić information content (AvgIpc) is 2.04. The minimum absolute atomic E-state index is 0.130. The van der Waals surface area contributed by atoms with Gasteiger partial charge in [-0.1, -0.05) is 0 Å². The Morgan fingerprint density at radius 3 is 2.75 bits per heavy atom. The van der Waals surface area contributed by atoms with E-state index in [-0.39, 0.29) is 19.7 Å². The van der Waals surface area contributed by atoms with E-state index in [0.29, 0.717) is 4.46 Å². The van der Waals surface area contributed by atoms with Gasteiger partial charge in [-0.2, -0.15) is 0 Å². The van der Waals surface area contributed by atoms with Gasteiger partial charge >= 0.3 is 80.0 Å². The molecule has 0 atom stereocenters. The summed E-state index contributed by atoms with van der Waals surface area (Å²) in [4.78, 5) is 10.1. The zero-order valence-corrected chi connectivity index (χ0v) is 8.75. The van der Waals surface area contributed by atoms with Crippen LogP contribution in [0.1, 0.15) is 5.56 Å². The van der Waals surface area contributed by atoms with Gasteiger partial charge in [0.15, 0.2) is 0 Å². The molecule has 0 radical (unpaired) electrons. The van der Waals surface area contributed by atoms with Crippen LogP contribution in [0.15, 0.2) is 18.2 Å². The minimum atomic E-state index is -0.396. The van der Waals surface area contributed by atoms with Crippen molar-refractivity contribution >= 4 is 34.3 Å². The normalized spacial score (nSPS) is 9.83. The molecule has 0 heterocycles. The van der Waals surface area contributed by atoms with Gasteiger partial charge in [-0.3, -0.25) is 0 Å². The van der Waals surface area contributed by atoms with E-state index in [0.717, 1.165) is 5.56 Å². The number of benzene rings is 1. The fourth-order valence-corrected chi connectivity index (χ4v) is 2.21. The molecule has 0 fully saturated rings. The van der Waals surface area contributed by atoms with Crippen LogP contribution < -0.4 is 4.46 Å². The molecule has 0 unspecified atom stereocenters. The first kappa shape index (κ1) is 9.52. The number of nitro groups is 1. The predicted octanol–water partition coefficient (Wildman–Crippen LogP) is 1.39. The van der Waals surface area contributed by atoms with Gasteiger partial charge in [-0.05, 0) is 0 Å². The van der Waals surface area contributed by atoms with Crippen molar-refractivity contribution in [1.29, 1.82) is 0 Å². The van der Waals surface area contributed by atoms with Gasteiger partial charge in [0.1, 0.15) is 0 Å². The van der Waals surface area contributed by atoms with Crippen molar-refractivity contribution in [3.63, 3.8) is 0 Å². The second kappa shape index (κ2) is 3.90. The van der Waals surface area contributed by atoms with Gasteiger partial charge in [-0.25, -0.2) is 0 Å².